The van der Waals surface area contributed by atoms with Gasteiger partial charge in [0.05, 0.1) is 11.6 Å². The van der Waals surface area contributed by atoms with Crippen LogP contribution in [-0.2, 0) is 9.53 Å². The zero-order valence-electron chi connectivity index (χ0n) is 10.8. The van der Waals surface area contributed by atoms with E-state index >= 15 is 0 Å². The Morgan fingerprint density at radius 2 is 2.47 bits per heavy atom. The molecule has 6 heteroatoms. The highest BCUT2D eigenvalue weighted by molar-refractivity contribution is 7.99. The van der Waals surface area contributed by atoms with Gasteiger partial charge < -0.3 is 10.1 Å². The predicted octanol–water partition coefficient (Wildman–Crippen LogP) is 2.51. The lowest BCUT2D eigenvalue weighted by molar-refractivity contribution is -0.145. The van der Waals surface area contributed by atoms with Crippen LogP contribution >= 0.6 is 23.4 Å². The van der Waals surface area contributed by atoms with E-state index in [0.29, 0.717) is 23.4 Å². The van der Waals surface area contributed by atoms with Gasteiger partial charge in [0, 0.05) is 18.0 Å². The second-order valence-corrected chi connectivity index (χ2v) is 5.76. The lowest BCUT2D eigenvalue weighted by Gasteiger charge is -2.16. The summed E-state index contributed by atoms with van der Waals surface area (Å²) in [6, 6.07) is 3.74. The molecule has 0 saturated heterocycles. The number of hydrogen-bond acceptors (Lipinski definition) is 5. The molecule has 104 valence electrons. The van der Waals surface area contributed by atoms with Crippen molar-refractivity contribution in [2.45, 2.75) is 36.9 Å². The minimum atomic E-state index is -0.296. The summed E-state index contributed by atoms with van der Waals surface area (Å²) in [7, 11) is 0. The van der Waals surface area contributed by atoms with Gasteiger partial charge in [0.15, 0.2) is 0 Å². The number of esters is 1. The molecule has 0 bridgehead atoms. The van der Waals surface area contributed by atoms with Gasteiger partial charge in [0.1, 0.15) is 11.1 Å². The highest BCUT2D eigenvalue weighted by Crippen LogP contribution is 2.26. The van der Waals surface area contributed by atoms with Gasteiger partial charge in [-0.1, -0.05) is 11.6 Å². The van der Waals surface area contributed by atoms with Crippen molar-refractivity contribution in [3.63, 3.8) is 0 Å². The Bertz CT molecular complexity index is 440. The second kappa shape index (κ2) is 7.12. The van der Waals surface area contributed by atoms with Crippen molar-refractivity contribution in [1.29, 1.82) is 0 Å². The number of nitrogens with one attached hydrogen (secondary N) is 1. The predicted molar refractivity (Wildman–Crippen MR) is 76.5 cm³/mol. The maximum Gasteiger partial charge on any atom is 0.324 e. The number of carbonyl (C=O) groups is 1. The largest absolute Gasteiger partial charge is 0.465 e. The standard InChI is InChI=1S/C13H17ClN2O2S/c1-2-18-13(17)11(16-9-5-6-9)8-19-12-10(14)4-3-7-15-12/h3-4,7,9,11,16H,2,5-6,8H2,1H3. The van der Waals surface area contributed by atoms with E-state index in [1.807, 2.05) is 6.92 Å². The molecule has 1 atom stereocenters. The normalized spacial score (nSPS) is 16.1. The van der Waals surface area contributed by atoms with Crippen molar-refractivity contribution in [1.82, 2.24) is 10.3 Å². The molecule has 1 aromatic rings. The van der Waals surface area contributed by atoms with E-state index in [-0.39, 0.29) is 12.0 Å². The van der Waals surface area contributed by atoms with Crippen LogP contribution in [0.5, 0.6) is 0 Å². The number of carbonyl (C=O) groups excluding carboxylic acids is 1. The topological polar surface area (TPSA) is 51.2 Å². The number of ether oxygens (including phenoxy) is 1. The molecule has 0 aliphatic heterocycles. The number of pyridine rings is 1. The molecule has 0 aromatic carbocycles. The number of rotatable bonds is 7. The summed E-state index contributed by atoms with van der Waals surface area (Å²) < 4.78 is 5.08. The Kier molecular flexibility index (Phi) is 5.48. The van der Waals surface area contributed by atoms with Crippen molar-refractivity contribution >= 4 is 29.3 Å². The van der Waals surface area contributed by atoms with Crippen LogP contribution in [0.15, 0.2) is 23.4 Å². The molecule has 2 rings (SSSR count). The van der Waals surface area contributed by atoms with Gasteiger partial charge in [-0.2, -0.15) is 0 Å². The fraction of sp³-hybridized carbons (Fsp3) is 0.538. The van der Waals surface area contributed by atoms with Gasteiger partial charge in [-0.25, -0.2) is 4.98 Å². The zero-order chi connectivity index (χ0) is 13.7. The summed E-state index contributed by atoms with van der Waals surface area (Å²) in [5.74, 6) is 0.375. The van der Waals surface area contributed by atoms with Crippen LogP contribution in [0, 0.1) is 0 Å². The highest BCUT2D eigenvalue weighted by Gasteiger charge is 2.29. The lowest BCUT2D eigenvalue weighted by Crippen LogP contribution is -2.41. The number of thioether (sulfide) groups is 1. The average molecular weight is 301 g/mol. The minimum Gasteiger partial charge on any atom is -0.465 e. The Labute approximate surface area is 122 Å². The number of hydrogen-bond donors (Lipinski definition) is 1. The molecule has 0 spiro atoms. The molecular weight excluding hydrogens is 284 g/mol. The van der Waals surface area contributed by atoms with Gasteiger partial charge in [-0.3, -0.25) is 4.79 Å². The lowest BCUT2D eigenvalue weighted by atomic mass is 10.3. The van der Waals surface area contributed by atoms with Gasteiger partial charge in [-0.05, 0) is 31.9 Å². The maximum atomic E-state index is 11.9. The molecular formula is C13H17ClN2O2S. The van der Waals surface area contributed by atoms with Crippen LogP contribution in [0.2, 0.25) is 5.02 Å². The molecule has 0 amide bonds. The molecule has 1 unspecified atom stereocenters. The Hall–Kier alpha value is -0.780. The van der Waals surface area contributed by atoms with Crippen molar-refractivity contribution in [2.75, 3.05) is 12.4 Å². The molecule has 1 aliphatic rings. The molecule has 4 nitrogen and oxygen atoms in total. The van der Waals surface area contributed by atoms with Crippen LogP contribution < -0.4 is 5.32 Å². The van der Waals surface area contributed by atoms with E-state index in [9.17, 15) is 4.79 Å². The third kappa shape index (κ3) is 4.67. The summed E-state index contributed by atoms with van der Waals surface area (Å²) >= 11 is 7.52. The summed E-state index contributed by atoms with van der Waals surface area (Å²) in [6.07, 6.45) is 3.96. The fourth-order valence-electron chi connectivity index (χ4n) is 1.60. The van der Waals surface area contributed by atoms with Crippen LogP contribution in [0.25, 0.3) is 0 Å². The molecule has 19 heavy (non-hydrogen) atoms. The van der Waals surface area contributed by atoms with Crippen molar-refractivity contribution in [3.05, 3.63) is 23.4 Å². The van der Waals surface area contributed by atoms with Crippen molar-refractivity contribution in [3.8, 4) is 0 Å². The van der Waals surface area contributed by atoms with Gasteiger partial charge >= 0.3 is 5.97 Å². The smallest absolute Gasteiger partial charge is 0.324 e. The Morgan fingerprint density at radius 3 is 3.11 bits per heavy atom. The van der Waals surface area contributed by atoms with Gasteiger partial charge in [-0.15, -0.1) is 11.8 Å². The third-order valence-electron chi connectivity index (χ3n) is 2.70. The number of aromatic nitrogens is 1. The quantitative estimate of drug-likeness (QED) is 0.619. The van der Waals surface area contributed by atoms with Crippen LogP contribution in [0.3, 0.4) is 0 Å². The number of nitrogens with zero attached hydrogens (tertiary/aromatic N) is 1. The Morgan fingerprint density at radius 1 is 1.68 bits per heavy atom. The monoisotopic (exact) mass is 300 g/mol. The molecule has 1 fully saturated rings. The minimum absolute atomic E-state index is 0.200. The first-order chi connectivity index (χ1) is 9.20. The molecule has 1 saturated carbocycles. The summed E-state index contributed by atoms with van der Waals surface area (Å²) in [4.78, 5) is 16.1. The van der Waals surface area contributed by atoms with E-state index in [2.05, 4.69) is 10.3 Å². The fourth-order valence-corrected chi connectivity index (χ4v) is 2.78. The second-order valence-electron chi connectivity index (χ2n) is 4.35. The average Bonchev–Trinajstić information content (AvgIpc) is 3.20. The van der Waals surface area contributed by atoms with Crippen molar-refractivity contribution in [2.24, 2.45) is 0 Å². The SMILES string of the molecule is CCOC(=O)C(CSc1ncccc1Cl)NC1CC1. The van der Waals surface area contributed by atoms with Crippen LogP contribution in [0.1, 0.15) is 19.8 Å². The van der Waals surface area contributed by atoms with Gasteiger partial charge in [0.2, 0.25) is 0 Å². The number of halogens is 1. The first-order valence-electron chi connectivity index (χ1n) is 6.36. The van der Waals surface area contributed by atoms with E-state index in [4.69, 9.17) is 16.3 Å². The summed E-state index contributed by atoms with van der Waals surface area (Å²) in [5, 5.41) is 4.66. The highest BCUT2D eigenvalue weighted by atomic mass is 35.5. The van der Waals surface area contributed by atoms with Crippen molar-refractivity contribution < 1.29 is 9.53 Å². The summed E-state index contributed by atoms with van der Waals surface area (Å²) in [6.45, 7) is 2.21. The first-order valence-corrected chi connectivity index (χ1v) is 7.73. The van der Waals surface area contributed by atoms with E-state index in [0.717, 1.165) is 17.9 Å². The molecule has 0 radical (unpaired) electrons. The van der Waals surface area contributed by atoms with E-state index in [1.54, 1.807) is 18.3 Å². The molecule has 1 N–H and O–H groups in total. The summed E-state index contributed by atoms with van der Waals surface area (Å²) in [5.41, 5.74) is 0. The third-order valence-corrected chi connectivity index (χ3v) is 4.21. The maximum absolute atomic E-state index is 11.9. The molecule has 1 aromatic heterocycles. The van der Waals surface area contributed by atoms with E-state index in [1.165, 1.54) is 11.8 Å². The van der Waals surface area contributed by atoms with E-state index < -0.39 is 0 Å². The van der Waals surface area contributed by atoms with Crippen LogP contribution in [0.4, 0.5) is 0 Å². The molecule has 1 heterocycles. The molecule has 1 aliphatic carbocycles. The zero-order valence-corrected chi connectivity index (χ0v) is 12.3. The first kappa shape index (κ1) is 14.6. The Balaban J connectivity index is 1.91. The van der Waals surface area contributed by atoms with Gasteiger partial charge in [0.25, 0.3) is 0 Å². The van der Waals surface area contributed by atoms with Crippen LogP contribution in [-0.4, -0.2) is 35.4 Å².